The second-order valence-electron chi connectivity index (χ2n) is 10.8. The predicted molar refractivity (Wildman–Crippen MR) is 159 cm³/mol. The average Bonchev–Trinajstić information content (AvgIpc) is 3.52. The number of anilines is 1. The first kappa shape index (κ1) is 28.2. The number of amides is 2. The zero-order chi connectivity index (χ0) is 30.2. The van der Waals surface area contributed by atoms with Gasteiger partial charge in [0.2, 0.25) is 11.8 Å². The molecule has 3 heterocycles. The molecular formula is C34H32N2O7. The van der Waals surface area contributed by atoms with Crippen LogP contribution in [0, 0.1) is 11.8 Å². The van der Waals surface area contributed by atoms with Crippen molar-refractivity contribution in [2.75, 3.05) is 25.7 Å². The molecule has 1 unspecified atom stereocenters. The average molecular weight is 581 g/mol. The van der Waals surface area contributed by atoms with Gasteiger partial charge in [-0.1, -0.05) is 37.6 Å². The van der Waals surface area contributed by atoms with Gasteiger partial charge in [0.15, 0.2) is 17.3 Å². The van der Waals surface area contributed by atoms with Gasteiger partial charge in [0.25, 0.3) is 0 Å². The second kappa shape index (κ2) is 11.4. The third kappa shape index (κ3) is 4.65. The molecule has 43 heavy (non-hydrogen) atoms. The molecule has 220 valence electrons. The summed E-state index contributed by atoms with van der Waals surface area (Å²) >= 11 is 0. The number of rotatable bonds is 9. The molecule has 0 saturated carbocycles. The van der Waals surface area contributed by atoms with Crippen molar-refractivity contribution in [3.63, 3.8) is 0 Å². The van der Waals surface area contributed by atoms with Crippen LogP contribution in [0.2, 0.25) is 0 Å². The zero-order valence-corrected chi connectivity index (χ0v) is 24.2. The number of unbranched alkanes of at least 4 members (excludes halogenated alkanes) is 1. The first-order valence-electron chi connectivity index (χ1n) is 14.4. The lowest BCUT2D eigenvalue weighted by Gasteiger charge is -2.35. The van der Waals surface area contributed by atoms with Gasteiger partial charge in [-0.05, 0) is 66.1 Å². The Bertz CT molecular complexity index is 1630. The molecule has 0 spiro atoms. The molecule has 9 heteroatoms. The molecule has 3 aromatic rings. The Hall–Kier alpha value is -4.92. The minimum absolute atomic E-state index is 0.296. The second-order valence-corrected chi connectivity index (χ2v) is 10.8. The summed E-state index contributed by atoms with van der Waals surface area (Å²) in [6.45, 7) is 2.34. The highest BCUT2D eigenvalue weighted by atomic mass is 16.5. The number of esters is 1. The van der Waals surface area contributed by atoms with Gasteiger partial charge < -0.3 is 19.1 Å². The summed E-state index contributed by atoms with van der Waals surface area (Å²) in [4.78, 5) is 58.0. The number of imide groups is 1. The normalized spacial score (nSPS) is 21.7. The Kier molecular flexibility index (Phi) is 7.48. The van der Waals surface area contributed by atoms with Crippen LogP contribution in [-0.2, 0) is 14.3 Å². The van der Waals surface area contributed by atoms with Crippen LogP contribution in [0.15, 0.2) is 72.9 Å². The van der Waals surface area contributed by atoms with Crippen molar-refractivity contribution in [1.29, 1.82) is 0 Å². The fourth-order valence-corrected chi connectivity index (χ4v) is 6.41. The van der Waals surface area contributed by atoms with Gasteiger partial charge in [-0.3, -0.25) is 14.4 Å². The fraction of sp³-hybridized carbons (Fsp3) is 0.294. The van der Waals surface area contributed by atoms with Crippen molar-refractivity contribution in [3.05, 3.63) is 95.2 Å². The molecule has 0 aliphatic carbocycles. The van der Waals surface area contributed by atoms with Crippen molar-refractivity contribution in [2.45, 2.75) is 31.8 Å². The Morgan fingerprint density at radius 2 is 1.53 bits per heavy atom. The van der Waals surface area contributed by atoms with Gasteiger partial charge in [0, 0.05) is 11.8 Å². The number of benzene rings is 3. The van der Waals surface area contributed by atoms with E-state index in [1.165, 1.54) is 14.2 Å². The van der Waals surface area contributed by atoms with E-state index < -0.39 is 35.8 Å². The van der Waals surface area contributed by atoms with E-state index in [0.717, 1.165) is 28.9 Å². The largest absolute Gasteiger partial charge is 0.493 e. The quantitative estimate of drug-likeness (QED) is 0.150. The van der Waals surface area contributed by atoms with Crippen LogP contribution >= 0.6 is 0 Å². The van der Waals surface area contributed by atoms with E-state index in [0.29, 0.717) is 34.9 Å². The van der Waals surface area contributed by atoms with Crippen molar-refractivity contribution in [3.8, 4) is 11.5 Å². The zero-order valence-electron chi connectivity index (χ0n) is 24.2. The van der Waals surface area contributed by atoms with E-state index in [1.54, 1.807) is 42.5 Å². The standard InChI is InChI=1S/C34H32N2O7/c1-4-5-18-43-34(40)21-10-13-23(14-11-21)36-32(38)27-28(33(36)39)30(31(37)22-12-15-25(41-2)26(19-22)42-3)35-17-16-20-8-6-7-9-24(20)29(27)35/h6-17,19,27-30H,4-5,18H2,1-3H3/t27-,28+,29?,30-/m0/s1. The van der Waals surface area contributed by atoms with Gasteiger partial charge in [0.1, 0.15) is 6.04 Å². The summed E-state index contributed by atoms with van der Waals surface area (Å²) in [6.07, 6.45) is 5.40. The van der Waals surface area contributed by atoms with Gasteiger partial charge >= 0.3 is 5.97 Å². The molecule has 3 aliphatic heterocycles. The molecule has 3 aliphatic rings. The fourth-order valence-electron chi connectivity index (χ4n) is 6.41. The van der Waals surface area contributed by atoms with Crippen molar-refractivity contribution in [2.24, 2.45) is 11.8 Å². The summed E-state index contributed by atoms with van der Waals surface area (Å²) in [5.41, 5.74) is 2.84. The number of hydrogen-bond acceptors (Lipinski definition) is 8. The Balaban J connectivity index is 1.38. The maximum Gasteiger partial charge on any atom is 0.338 e. The van der Waals surface area contributed by atoms with Gasteiger partial charge in [-0.2, -0.15) is 0 Å². The summed E-state index contributed by atoms with van der Waals surface area (Å²) in [7, 11) is 3.01. The molecule has 2 fully saturated rings. The molecule has 2 amide bonds. The summed E-state index contributed by atoms with van der Waals surface area (Å²) in [6, 6.07) is 17.4. The van der Waals surface area contributed by atoms with E-state index in [-0.39, 0.29) is 11.7 Å². The van der Waals surface area contributed by atoms with Crippen LogP contribution in [-0.4, -0.2) is 55.3 Å². The van der Waals surface area contributed by atoms with Crippen molar-refractivity contribution < 1.29 is 33.4 Å². The number of nitrogens with zero attached hydrogens (tertiary/aromatic N) is 2. The molecule has 6 rings (SSSR count). The van der Waals surface area contributed by atoms with E-state index in [2.05, 4.69) is 0 Å². The summed E-state index contributed by atoms with van der Waals surface area (Å²) < 4.78 is 16.1. The van der Waals surface area contributed by atoms with Crippen LogP contribution < -0.4 is 14.4 Å². The lowest BCUT2D eigenvalue weighted by Crippen LogP contribution is -2.44. The van der Waals surface area contributed by atoms with Crippen LogP contribution in [0.4, 0.5) is 5.69 Å². The predicted octanol–water partition coefficient (Wildman–Crippen LogP) is 5.06. The third-order valence-corrected chi connectivity index (χ3v) is 8.49. The molecule has 0 aromatic heterocycles. The van der Waals surface area contributed by atoms with Gasteiger partial charge in [-0.15, -0.1) is 0 Å². The molecule has 0 radical (unpaired) electrons. The van der Waals surface area contributed by atoms with Crippen LogP contribution in [0.25, 0.3) is 6.08 Å². The maximum atomic E-state index is 14.2. The van der Waals surface area contributed by atoms with Crippen molar-refractivity contribution >= 4 is 35.3 Å². The van der Waals surface area contributed by atoms with E-state index in [9.17, 15) is 19.2 Å². The minimum Gasteiger partial charge on any atom is -0.493 e. The molecule has 4 atom stereocenters. The molecule has 0 N–H and O–H groups in total. The number of Topliss-reactive ketones (excluding diaryl/α,β-unsaturated/α-hetero) is 1. The molecule has 2 saturated heterocycles. The molecule has 0 bridgehead atoms. The van der Waals surface area contributed by atoms with Crippen LogP contribution in [0.5, 0.6) is 11.5 Å². The monoisotopic (exact) mass is 580 g/mol. The Morgan fingerprint density at radius 1 is 0.837 bits per heavy atom. The minimum atomic E-state index is -0.924. The first-order valence-corrected chi connectivity index (χ1v) is 14.4. The topological polar surface area (TPSA) is 102 Å². The van der Waals surface area contributed by atoms with Gasteiger partial charge in [0.05, 0.1) is 50.0 Å². The first-order chi connectivity index (χ1) is 20.9. The lowest BCUT2D eigenvalue weighted by atomic mass is 9.83. The molecule has 9 nitrogen and oxygen atoms in total. The number of methoxy groups -OCH3 is 2. The highest BCUT2D eigenvalue weighted by Gasteiger charge is 2.64. The number of carbonyl (C=O) groups is 4. The highest BCUT2D eigenvalue weighted by molar-refractivity contribution is 6.24. The smallest absolute Gasteiger partial charge is 0.338 e. The van der Waals surface area contributed by atoms with Gasteiger partial charge in [-0.25, -0.2) is 9.69 Å². The number of fused-ring (bicyclic) bond motifs is 5. The van der Waals surface area contributed by atoms with Crippen LogP contribution in [0.3, 0.4) is 0 Å². The number of hydrogen-bond donors (Lipinski definition) is 0. The van der Waals surface area contributed by atoms with Crippen molar-refractivity contribution in [1.82, 2.24) is 4.90 Å². The highest BCUT2D eigenvalue weighted by Crippen LogP contribution is 2.53. The lowest BCUT2D eigenvalue weighted by molar-refractivity contribution is -0.123. The Labute approximate surface area is 249 Å². The summed E-state index contributed by atoms with van der Waals surface area (Å²) in [5, 5.41) is 0. The maximum absolute atomic E-state index is 14.2. The summed E-state index contributed by atoms with van der Waals surface area (Å²) in [5.74, 6) is -2.43. The van der Waals surface area contributed by atoms with E-state index in [1.807, 2.05) is 48.4 Å². The van der Waals surface area contributed by atoms with E-state index >= 15 is 0 Å². The SMILES string of the molecule is CCCCOC(=O)c1ccc(N2C(=O)[C@@H]3[C@H](C2=O)C2c4ccccc4C=CN2[C@@H]3C(=O)c2ccc(OC)c(OC)c2)cc1. The molecular weight excluding hydrogens is 548 g/mol. The number of ketones is 1. The third-order valence-electron chi connectivity index (χ3n) is 8.49. The van der Waals surface area contributed by atoms with Crippen LogP contribution in [0.1, 0.15) is 57.7 Å². The number of ether oxygens (including phenoxy) is 3. The number of carbonyl (C=O) groups excluding carboxylic acids is 4. The molecule has 3 aromatic carbocycles. The Morgan fingerprint density at radius 3 is 2.26 bits per heavy atom. The van der Waals surface area contributed by atoms with E-state index in [4.69, 9.17) is 14.2 Å².